The van der Waals surface area contributed by atoms with Crippen LogP contribution in [0.15, 0.2) is 30.3 Å². The lowest BCUT2D eigenvalue weighted by Gasteiger charge is -2.31. The van der Waals surface area contributed by atoms with Gasteiger partial charge < -0.3 is 9.47 Å². The van der Waals surface area contributed by atoms with E-state index in [0.29, 0.717) is 0 Å². The summed E-state index contributed by atoms with van der Waals surface area (Å²) in [5.74, 6) is -0.569. The van der Waals surface area contributed by atoms with Crippen molar-refractivity contribution >= 4 is 11.6 Å². The summed E-state index contributed by atoms with van der Waals surface area (Å²) >= 11 is 5.45. The molecule has 1 saturated heterocycles. The van der Waals surface area contributed by atoms with E-state index in [1.807, 2.05) is 30.3 Å². The first-order chi connectivity index (χ1) is 5.36. The fourth-order valence-electron chi connectivity index (χ4n) is 0.972. The second-order valence-electron chi connectivity index (χ2n) is 2.29. The molecule has 58 valence electrons. The van der Waals surface area contributed by atoms with Crippen LogP contribution < -0.4 is 0 Å². The highest BCUT2D eigenvalue weighted by Gasteiger charge is 2.29. The predicted octanol–water partition coefficient (Wildman–Crippen LogP) is 2.25. The van der Waals surface area contributed by atoms with Crippen LogP contribution in [0.2, 0.25) is 0 Å². The molecule has 0 radical (unpaired) electrons. The summed E-state index contributed by atoms with van der Waals surface area (Å²) < 4.78 is 10.1. The Kier molecular flexibility index (Phi) is 1.82. The lowest BCUT2D eigenvalue weighted by Crippen LogP contribution is -2.29. The van der Waals surface area contributed by atoms with Gasteiger partial charge in [-0.15, -0.1) is 0 Å². The zero-order valence-electron chi connectivity index (χ0n) is 5.74. The molecule has 11 heavy (non-hydrogen) atoms. The Morgan fingerprint density at radius 3 is 2.27 bits per heavy atom. The van der Waals surface area contributed by atoms with E-state index in [1.54, 1.807) is 0 Å². The molecule has 1 aliphatic heterocycles. The molecule has 0 unspecified atom stereocenters. The molecule has 0 saturated carbocycles. The third-order valence-corrected chi connectivity index (χ3v) is 1.74. The first-order valence-corrected chi connectivity index (χ1v) is 3.80. The average molecular weight is 171 g/mol. The maximum absolute atomic E-state index is 5.45. The molecule has 1 heterocycles. The van der Waals surface area contributed by atoms with Crippen LogP contribution in [0.4, 0.5) is 0 Å². The minimum atomic E-state index is -0.569. The molecule has 0 amide bonds. The molecule has 0 spiro atoms. The maximum Gasteiger partial charge on any atom is 0.242 e. The van der Waals surface area contributed by atoms with Gasteiger partial charge in [0.05, 0.1) is 0 Å². The molecule has 0 bridgehead atoms. The van der Waals surface area contributed by atoms with E-state index in [2.05, 4.69) is 0 Å². The number of ether oxygens (including phenoxy) is 2. The second-order valence-corrected chi connectivity index (χ2v) is 2.65. The van der Waals surface area contributed by atoms with Crippen molar-refractivity contribution in [3.05, 3.63) is 35.9 Å². The van der Waals surface area contributed by atoms with Crippen molar-refractivity contribution in [2.24, 2.45) is 0 Å². The number of rotatable bonds is 1. The normalized spacial score (nSPS) is 29.5. The molecular weight excluding hydrogens is 164 g/mol. The van der Waals surface area contributed by atoms with Gasteiger partial charge in [0.2, 0.25) is 5.75 Å². The fourth-order valence-corrected chi connectivity index (χ4v) is 1.16. The van der Waals surface area contributed by atoms with Crippen LogP contribution >= 0.6 is 11.6 Å². The highest BCUT2D eigenvalue weighted by atomic mass is 35.5. The third kappa shape index (κ3) is 1.38. The van der Waals surface area contributed by atoms with E-state index >= 15 is 0 Å². The van der Waals surface area contributed by atoms with Gasteiger partial charge in [0.1, 0.15) is 0 Å². The smallest absolute Gasteiger partial charge is 0.242 e. The monoisotopic (exact) mass is 170 g/mol. The summed E-state index contributed by atoms with van der Waals surface area (Å²) in [7, 11) is 0. The summed E-state index contributed by atoms with van der Waals surface area (Å²) in [5, 5.41) is 0. The molecule has 3 heteroatoms. The van der Waals surface area contributed by atoms with Gasteiger partial charge >= 0.3 is 0 Å². The zero-order valence-corrected chi connectivity index (χ0v) is 6.49. The standard InChI is InChI=1S/C8H7ClO2/c9-8-10-7(11-8)6-4-2-1-3-5-6/h1-5,7-8H. The summed E-state index contributed by atoms with van der Waals surface area (Å²) in [4.78, 5) is 0. The van der Waals surface area contributed by atoms with Gasteiger partial charge in [0, 0.05) is 5.56 Å². The van der Waals surface area contributed by atoms with Crippen molar-refractivity contribution in [3.63, 3.8) is 0 Å². The average Bonchev–Trinajstić information content (AvgIpc) is 2.01. The van der Waals surface area contributed by atoms with Gasteiger partial charge in [0.25, 0.3) is 0 Å². The van der Waals surface area contributed by atoms with Crippen LogP contribution in [0, 0.1) is 0 Å². The highest BCUT2D eigenvalue weighted by Crippen LogP contribution is 2.32. The Bertz CT molecular complexity index is 231. The highest BCUT2D eigenvalue weighted by molar-refractivity contribution is 6.19. The molecule has 1 fully saturated rings. The molecule has 0 aromatic heterocycles. The van der Waals surface area contributed by atoms with Crippen LogP contribution in [-0.2, 0) is 9.47 Å². The zero-order chi connectivity index (χ0) is 7.68. The van der Waals surface area contributed by atoms with Gasteiger partial charge in [-0.05, 0) is 0 Å². The summed E-state index contributed by atoms with van der Waals surface area (Å²) in [5.41, 5.74) is 1.00. The van der Waals surface area contributed by atoms with E-state index in [1.165, 1.54) is 0 Å². The van der Waals surface area contributed by atoms with Crippen molar-refractivity contribution < 1.29 is 9.47 Å². The second kappa shape index (κ2) is 2.81. The SMILES string of the molecule is ClC1OC(c2ccccc2)O1. The van der Waals surface area contributed by atoms with Crippen molar-refractivity contribution in [3.8, 4) is 0 Å². The van der Waals surface area contributed by atoms with Crippen LogP contribution in [0.3, 0.4) is 0 Å². The third-order valence-electron chi connectivity index (χ3n) is 1.53. The van der Waals surface area contributed by atoms with Crippen molar-refractivity contribution in [1.29, 1.82) is 0 Å². The lowest BCUT2D eigenvalue weighted by atomic mass is 10.2. The Morgan fingerprint density at radius 1 is 1.09 bits per heavy atom. The van der Waals surface area contributed by atoms with Gasteiger partial charge in [-0.2, -0.15) is 0 Å². The van der Waals surface area contributed by atoms with E-state index in [0.717, 1.165) is 5.56 Å². The van der Waals surface area contributed by atoms with Gasteiger partial charge in [-0.25, -0.2) is 0 Å². The first-order valence-electron chi connectivity index (χ1n) is 3.36. The Morgan fingerprint density at radius 2 is 1.73 bits per heavy atom. The summed E-state index contributed by atoms with van der Waals surface area (Å²) in [6.45, 7) is 0. The van der Waals surface area contributed by atoms with Gasteiger partial charge in [-0.3, -0.25) is 0 Å². The van der Waals surface area contributed by atoms with Crippen LogP contribution in [-0.4, -0.2) is 5.75 Å². The fraction of sp³-hybridized carbons (Fsp3) is 0.250. The predicted molar refractivity (Wildman–Crippen MR) is 41.0 cm³/mol. The number of halogens is 1. The number of hydrogen-bond donors (Lipinski definition) is 0. The molecule has 1 aliphatic rings. The van der Waals surface area contributed by atoms with E-state index in [4.69, 9.17) is 21.1 Å². The van der Waals surface area contributed by atoms with Crippen molar-refractivity contribution in [1.82, 2.24) is 0 Å². The quantitative estimate of drug-likeness (QED) is 0.602. The molecule has 1 aromatic carbocycles. The molecule has 2 nitrogen and oxygen atoms in total. The molecular formula is C8H7ClO2. The number of alkyl halides is 1. The van der Waals surface area contributed by atoms with Crippen LogP contribution in [0.1, 0.15) is 11.9 Å². The van der Waals surface area contributed by atoms with Gasteiger partial charge in [0.15, 0.2) is 6.29 Å². The van der Waals surface area contributed by atoms with E-state index < -0.39 is 5.75 Å². The first kappa shape index (κ1) is 7.10. The van der Waals surface area contributed by atoms with Crippen LogP contribution in [0.5, 0.6) is 0 Å². The number of benzene rings is 1. The maximum atomic E-state index is 5.45. The van der Waals surface area contributed by atoms with Crippen LogP contribution in [0.25, 0.3) is 0 Å². The summed E-state index contributed by atoms with van der Waals surface area (Å²) in [6.07, 6.45) is -0.265. The minimum absolute atomic E-state index is 0.265. The molecule has 0 atom stereocenters. The molecule has 0 N–H and O–H groups in total. The largest absolute Gasteiger partial charge is 0.305 e. The summed E-state index contributed by atoms with van der Waals surface area (Å²) in [6, 6.07) is 9.69. The van der Waals surface area contributed by atoms with E-state index in [-0.39, 0.29) is 6.29 Å². The Labute approximate surface area is 69.7 Å². The number of hydrogen-bond acceptors (Lipinski definition) is 2. The Balaban J connectivity index is 2.08. The molecule has 1 aromatic rings. The van der Waals surface area contributed by atoms with Crippen molar-refractivity contribution in [2.45, 2.75) is 12.0 Å². The molecule has 0 aliphatic carbocycles. The minimum Gasteiger partial charge on any atom is -0.305 e. The lowest BCUT2D eigenvalue weighted by molar-refractivity contribution is -0.353. The van der Waals surface area contributed by atoms with Gasteiger partial charge in [-0.1, -0.05) is 41.9 Å². The molecule has 2 rings (SSSR count). The topological polar surface area (TPSA) is 18.5 Å². The Hall–Kier alpha value is -0.570. The van der Waals surface area contributed by atoms with Crippen molar-refractivity contribution in [2.75, 3.05) is 0 Å². The van der Waals surface area contributed by atoms with E-state index in [9.17, 15) is 0 Å².